The Labute approximate surface area is 184 Å². The Bertz CT molecular complexity index is 851. The van der Waals surface area contributed by atoms with E-state index in [9.17, 15) is 9.59 Å². The maximum atomic E-state index is 13.2. The molecule has 0 unspecified atom stereocenters. The molecule has 0 fully saturated rings. The number of carbonyl (C=O) groups excluding carboxylic acids is 2. The van der Waals surface area contributed by atoms with Crippen molar-refractivity contribution in [2.75, 3.05) is 20.8 Å². The smallest absolute Gasteiger partial charge is 0.261 e. The van der Waals surface area contributed by atoms with Crippen LogP contribution in [0.3, 0.4) is 0 Å². The maximum Gasteiger partial charge on any atom is 0.261 e. The normalized spacial score (nSPS) is 11.5. The number of nitrogens with zero attached hydrogens (tertiary/aromatic N) is 1. The number of methoxy groups -OCH3 is 2. The largest absolute Gasteiger partial charge is 0.497 e. The van der Waals surface area contributed by atoms with Crippen LogP contribution in [0.15, 0.2) is 48.5 Å². The van der Waals surface area contributed by atoms with E-state index in [2.05, 4.69) is 5.32 Å². The van der Waals surface area contributed by atoms with Gasteiger partial charge in [0.1, 0.15) is 23.3 Å². The molecule has 0 heterocycles. The van der Waals surface area contributed by atoms with Crippen LogP contribution in [0.5, 0.6) is 17.2 Å². The average molecular weight is 429 g/mol. The summed E-state index contributed by atoms with van der Waals surface area (Å²) in [5.74, 6) is 1.49. The third-order valence-electron chi connectivity index (χ3n) is 4.73. The molecule has 31 heavy (non-hydrogen) atoms. The number of rotatable bonds is 11. The van der Waals surface area contributed by atoms with E-state index in [-0.39, 0.29) is 31.0 Å². The summed E-state index contributed by atoms with van der Waals surface area (Å²) in [5.41, 5.74) is 0.868. The summed E-state index contributed by atoms with van der Waals surface area (Å²) >= 11 is 0. The number of benzene rings is 2. The van der Waals surface area contributed by atoms with Gasteiger partial charge in [-0.15, -0.1) is 0 Å². The Kier molecular flexibility index (Phi) is 9.18. The molecule has 2 rings (SSSR count). The van der Waals surface area contributed by atoms with Crippen LogP contribution in [-0.2, 0) is 16.1 Å². The van der Waals surface area contributed by atoms with Crippen molar-refractivity contribution in [3.05, 3.63) is 54.1 Å². The molecule has 0 saturated heterocycles. The predicted octanol–water partition coefficient (Wildman–Crippen LogP) is 3.41. The topological polar surface area (TPSA) is 77.1 Å². The zero-order chi connectivity index (χ0) is 22.8. The van der Waals surface area contributed by atoms with Crippen molar-refractivity contribution in [3.63, 3.8) is 0 Å². The molecule has 0 radical (unpaired) electrons. The van der Waals surface area contributed by atoms with Gasteiger partial charge in [-0.3, -0.25) is 9.59 Å². The van der Waals surface area contributed by atoms with Gasteiger partial charge in [-0.25, -0.2) is 0 Å². The Morgan fingerprint density at radius 3 is 2.19 bits per heavy atom. The summed E-state index contributed by atoms with van der Waals surface area (Å²) in [7, 11) is 3.18. The second-order valence-corrected chi connectivity index (χ2v) is 7.42. The lowest BCUT2D eigenvalue weighted by Gasteiger charge is -2.31. The number of carbonyl (C=O) groups is 2. The minimum Gasteiger partial charge on any atom is -0.497 e. The van der Waals surface area contributed by atoms with Crippen LogP contribution in [0.2, 0.25) is 0 Å². The molecule has 0 spiro atoms. The summed E-state index contributed by atoms with van der Waals surface area (Å²) < 4.78 is 16.1. The fourth-order valence-electron chi connectivity index (χ4n) is 3.17. The Hall–Kier alpha value is -3.22. The van der Waals surface area contributed by atoms with Crippen molar-refractivity contribution in [2.45, 2.75) is 45.8 Å². The second kappa shape index (κ2) is 11.8. The number of amides is 2. The minimum absolute atomic E-state index is 0.0223. The Morgan fingerprint density at radius 2 is 1.61 bits per heavy atom. The predicted molar refractivity (Wildman–Crippen MR) is 119 cm³/mol. The number of nitrogens with one attached hydrogen (secondary N) is 1. The van der Waals surface area contributed by atoms with Crippen LogP contribution < -0.4 is 19.5 Å². The van der Waals surface area contributed by atoms with Gasteiger partial charge in [0.2, 0.25) is 5.91 Å². The highest BCUT2D eigenvalue weighted by molar-refractivity contribution is 5.88. The summed E-state index contributed by atoms with van der Waals surface area (Å²) in [6.07, 6.45) is 0.483. The van der Waals surface area contributed by atoms with Crippen LogP contribution >= 0.6 is 0 Å². The lowest BCUT2D eigenvalue weighted by atomic mass is 10.1. The van der Waals surface area contributed by atoms with Gasteiger partial charge >= 0.3 is 0 Å². The van der Waals surface area contributed by atoms with Crippen molar-refractivity contribution in [3.8, 4) is 17.2 Å². The maximum absolute atomic E-state index is 13.2. The molecule has 0 bridgehead atoms. The summed E-state index contributed by atoms with van der Waals surface area (Å²) in [4.78, 5) is 27.5. The fraction of sp³-hybridized carbons (Fsp3) is 0.417. The number of ether oxygens (including phenoxy) is 3. The van der Waals surface area contributed by atoms with E-state index in [1.807, 2.05) is 45.0 Å². The summed E-state index contributed by atoms with van der Waals surface area (Å²) in [6.45, 7) is 5.77. The summed E-state index contributed by atoms with van der Waals surface area (Å²) in [6, 6.07) is 13.8. The first-order valence-corrected chi connectivity index (χ1v) is 10.4. The van der Waals surface area contributed by atoms with Crippen molar-refractivity contribution < 1.29 is 23.8 Å². The van der Waals surface area contributed by atoms with Crippen molar-refractivity contribution in [2.24, 2.45) is 0 Å². The molecular weight excluding hydrogens is 396 g/mol. The number of hydrogen-bond acceptors (Lipinski definition) is 5. The standard InChI is InChI=1S/C24H32N2O5/c1-6-22(24(28)25-17(2)3)26(15-18-8-7-9-21(14-18)30-5)23(27)16-31-20-12-10-19(29-4)11-13-20/h7-14,17,22H,6,15-16H2,1-5H3,(H,25,28)/t22-/m1/s1. The molecule has 0 aromatic heterocycles. The third kappa shape index (κ3) is 7.20. The molecule has 0 aliphatic carbocycles. The van der Waals surface area contributed by atoms with Gasteiger partial charge in [-0.2, -0.15) is 0 Å². The zero-order valence-corrected chi connectivity index (χ0v) is 18.9. The molecular formula is C24H32N2O5. The van der Waals surface area contributed by atoms with Crippen LogP contribution in [-0.4, -0.2) is 49.6 Å². The third-order valence-corrected chi connectivity index (χ3v) is 4.73. The molecule has 0 saturated carbocycles. The molecule has 7 heteroatoms. The van der Waals surface area contributed by atoms with E-state index in [0.717, 1.165) is 5.56 Å². The quantitative estimate of drug-likeness (QED) is 0.594. The van der Waals surface area contributed by atoms with Gasteiger partial charge < -0.3 is 24.4 Å². The van der Waals surface area contributed by atoms with Crippen molar-refractivity contribution in [1.82, 2.24) is 10.2 Å². The SMILES string of the molecule is CC[C@H](C(=O)NC(C)C)N(Cc1cccc(OC)c1)C(=O)COc1ccc(OC)cc1. The van der Waals surface area contributed by atoms with E-state index in [0.29, 0.717) is 23.7 Å². The van der Waals surface area contributed by atoms with Gasteiger partial charge in [0.25, 0.3) is 5.91 Å². The van der Waals surface area contributed by atoms with Crippen molar-refractivity contribution in [1.29, 1.82) is 0 Å². The van der Waals surface area contributed by atoms with Gasteiger partial charge in [0.15, 0.2) is 6.61 Å². The monoisotopic (exact) mass is 428 g/mol. The molecule has 0 aliphatic heterocycles. The van der Waals surface area contributed by atoms with Gasteiger partial charge in [-0.05, 0) is 62.2 Å². The summed E-state index contributed by atoms with van der Waals surface area (Å²) in [5, 5.41) is 2.91. The second-order valence-electron chi connectivity index (χ2n) is 7.42. The zero-order valence-electron chi connectivity index (χ0n) is 18.9. The van der Waals surface area contributed by atoms with E-state index >= 15 is 0 Å². The first kappa shape index (κ1) is 24.1. The molecule has 2 aromatic carbocycles. The lowest BCUT2D eigenvalue weighted by molar-refractivity contribution is -0.143. The van der Waals surface area contributed by atoms with Gasteiger partial charge in [0, 0.05) is 12.6 Å². The molecule has 168 valence electrons. The average Bonchev–Trinajstić information content (AvgIpc) is 2.77. The minimum atomic E-state index is -0.611. The molecule has 0 aliphatic rings. The van der Waals surface area contributed by atoms with Gasteiger partial charge in [0.05, 0.1) is 14.2 Å². The van der Waals surface area contributed by atoms with Gasteiger partial charge in [-0.1, -0.05) is 19.1 Å². The Morgan fingerprint density at radius 1 is 0.968 bits per heavy atom. The molecule has 7 nitrogen and oxygen atoms in total. The van der Waals surface area contributed by atoms with Crippen LogP contribution in [0.25, 0.3) is 0 Å². The Balaban J connectivity index is 2.21. The molecule has 1 N–H and O–H groups in total. The highest BCUT2D eigenvalue weighted by atomic mass is 16.5. The fourth-order valence-corrected chi connectivity index (χ4v) is 3.17. The van der Waals surface area contributed by atoms with Crippen LogP contribution in [0, 0.1) is 0 Å². The van der Waals surface area contributed by atoms with Crippen LogP contribution in [0.1, 0.15) is 32.8 Å². The number of hydrogen-bond donors (Lipinski definition) is 1. The molecule has 2 aromatic rings. The first-order valence-electron chi connectivity index (χ1n) is 10.4. The van der Waals surface area contributed by atoms with E-state index < -0.39 is 6.04 Å². The van der Waals surface area contributed by atoms with Crippen LogP contribution in [0.4, 0.5) is 0 Å². The highest BCUT2D eigenvalue weighted by Gasteiger charge is 2.29. The van der Waals surface area contributed by atoms with Crippen molar-refractivity contribution >= 4 is 11.8 Å². The highest BCUT2D eigenvalue weighted by Crippen LogP contribution is 2.19. The molecule has 2 amide bonds. The van der Waals surface area contributed by atoms with E-state index in [1.165, 1.54) is 0 Å². The van der Waals surface area contributed by atoms with E-state index in [1.54, 1.807) is 43.4 Å². The first-order chi connectivity index (χ1) is 14.9. The van der Waals surface area contributed by atoms with E-state index in [4.69, 9.17) is 14.2 Å². The molecule has 1 atom stereocenters. The lowest BCUT2D eigenvalue weighted by Crippen LogP contribution is -2.51.